The highest BCUT2D eigenvalue weighted by molar-refractivity contribution is 7.99. The Morgan fingerprint density at radius 2 is 1.94 bits per heavy atom. The van der Waals surface area contributed by atoms with Gasteiger partial charge in [0.05, 0.1) is 6.54 Å². The van der Waals surface area contributed by atoms with Crippen LogP contribution in [-0.2, 0) is 0 Å². The molecule has 5 heteroatoms. The molecule has 0 saturated carbocycles. The van der Waals surface area contributed by atoms with E-state index in [1.54, 1.807) is 0 Å². The minimum atomic E-state index is -0.968. The standard InChI is InChI=1S/C12H13F2NOS/c13-10-2-1-9(7-11(10)14)12(16)8-15-3-5-17-6-4-15/h1-2,7H,3-6,8H2. The summed E-state index contributed by atoms with van der Waals surface area (Å²) in [7, 11) is 0. The Morgan fingerprint density at radius 3 is 2.59 bits per heavy atom. The molecule has 0 amide bonds. The van der Waals surface area contributed by atoms with Crippen LogP contribution >= 0.6 is 11.8 Å². The molecule has 0 atom stereocenters. The van der Waals surface area contributed by atoms with Gasteiger partial charge >= 0.3 is 0 Å². The summed E-state index contributed by atoms with van der Waals surface area (Å²) in [6.45, 7) is 2.03. The minimum absolute atomic E-state index is 0.157. The lowest BCUT2D eigenvalue weighted by Gasteiger charge is -2.25. The molecule has 1 fully saturated rings. The summed E-state index contributed by atoms with van der Waals surface area (Å²) in [4.78, 5) is 13.9. The number of carbonyl (C=O) groups is 1. The van der Waals surface area contributed by atoms with E-state index in [4.69, 9.17) is 0 Å². The van der Waals surface area contributed by atoms with Crippen molar-refractivity contribution in [3.8, 4) is 0 Å². The van der Waals surface area contributed by atoms with E-state index in [9.17, 15) is 13.6 Å². The van der Waals surface area contributed by atoms with Crippen molar-refractivity contribution in [3.05, 3.63) is 35.4 Å². The van der Waals surface area contributed by atoms with Crippen molar-refractivity contribution >= 4 is 17.5 Å². The van der Waals surface area contributed by atoms with Gasteiger partial charge in [-0.25, -0.2) is 8.78 Å². The van der Waals surface area contributed by atoms with E-state index in [1.165, 1.54) is 6.07 Å². The van der Waals surface area contributed by atoms with Crippen molar-refractivity contribution in [2.75, 3.05) is 31.1 Å². The van der Waals surface area contributed by atoms with Gasteiger partial charge in [-0.2, -0.15) is 11.8 Å². The van der Waals surface area contributed by atoms with E-state index in [1.807, 2.05) is 16.7 Å². The Bertz CT molecular complexity index is 419. The lowest BCUT2D eigenvalue weighted by molar-refractivity contribution is 0.0936. The first kappa shape index (κ1) is 12.5. The predicted octanol–water partition coefficient (Wildman–Crippen LogP) is 2.20. The largest absolute Gasteiger partial charge is 0.294 e. The maximum atomic E-state index is 13.0. The SMILES string of the molecule is O=C(CN1CCSCC1)c1ccc(F)c(F)c1. The average Bonchev–Trinajstić information content (AvgIpc) is 2.34. The number of carbonyl (C=O) groups excluding carboxylic acids is 1. The lowest BCUT2D eigenvalue weighted by atomic mass is 10.1. The van der Waals surface area contributed by atoms with Crippen molar-refractivity contribution in [3.63, 3.8) is 0 Å². The molecule has 1 aliphatic rings. The molecule has 1 heterocycles. The van der Waals surface area contributed by atoms with Crippen LogP contribution in [0.4, 0.5) is 8.78 Å². The van der Waals surface area contributed by atoms with Gasteiger partial charge in [-0.15, -0.1) is 0 Å². The molecule has 2 rings (SSSR count). The molecule has 1 aromatic rings. The maximum Gasteiger partial charge on any atom is 0.176 e. The predicted molar refractivity (Wildman–Crippen MR) is 64.5 cm³/mol. The highest BCUT2D eigenvalue weighted by atomic mass is 32.2. The van der Waals surface area contributed by atoms with Gasteiger partial charge in [0.25, 0.3) is 0 Å². The first-order valence-corrected chi connectivity index (χ1v) is 6.60. The smallest absolute Gasteiger partial charge is 0.176 e. The van der Waals surface area contributed by atoms with Gasteiger partial charge < -0.3 is 0 Å². The molecule has 1 aliphatic heterocycles. The van der Waals surface area contributed by atoms with Crippen LogP contribution in [0, 0.1) is 11.6 Å². The van der Waals surface area contributed by atoms with Gasteiger partial charge in [-0.3, -0.25) is 9.69 Å². The molecule has 0 unspecified atom stereocenters. The lowest BCUT2D eigenvalue weighted by Crippen LogP contribution is -2.36. The summed E-state index contributed by atoms with van der Waals surface area (Å²) in [5.74, 6) is -0.00684. The van der Waals surface area contributed by atoms with Gasteiger partial charge in [0.2, 0.25) is 0 Å². The van der Waals surface area contributed by atoms with Crippen LogP contribution in [-0.4, -0.2) is 41.8 Å². The number of ketones is 1. The molecular weight excluding hydrogens is 244 g/mol. The number of benzene rings is 1. The van der Waals surface area contributed by atoms with Crippen LogP contribution in [0.5, 0.6) is 0 Å². The van der Waals surface area contributed by atoms with Crippen molar-refractivity contribution in [2.45, 2.75) is 0 Å². The Morgan fingerprint density at radius 1 is 1.24 bits per heavy atom. The number of thioether (sulfide) groups is 1. The fraction of sp³-hybridized carbons (Fsp3) is 0.417. The molecular formula is C12H13F2NOS. The molecule has 0 spiro atoms. The highest BCUT2D eigenvalue weighted by Crippen LogP contribution is 2.12. The van der Waals surface area contributed by atoms with E-state index in [-0.39, 0.29) is 17.9 Å². The third-order valence-corrected chi connectivity index (χ3v) is 3.65. The molecule has 1 aromatic carbocycles. The number of halogens is 2. The minimum Gasteiger partial charge on any atom is -0.294 e. The summed E-state index contributed by atoms with van der Waals surface area (Å²) in [6, 6.07) is 3.30. The maximum absolute atomic E-state index is 13.0. The monoisotopic (exact) mass is 257 g/mol. The topological polar surface area (TPSA) is 20.3 Å². The first-order valence-electron chi connectivity index (χ1n) is 5.45. The Hall–Kier alpha value is -0.940. The van der Waals surface area contributed by atoms with Crippen LogP contribution < -0.4 is 0 Å². The molecule has 0 radical (unpaired) electrons. The van der Waals surface area contributed by atoms with Gasteiger partial charge in [0.15, 0.2) is 17.4 Å². The normalized spacial score (nSPS) is 17.1. The van der Waals surface area contributed by atoms with E-state index in [0.29, 0.717) is 0 Å². The number of hydrogen-bond acceptors (Lipinski definition) is 3. The zero-order valence-corrected chi connectivity index (χ0v) is 10.1. The Kier molecular flexibility index (Phi) is 4.12. The highest BCUT2D eigenvalue weighted by Gasteiger charge is 2.16. The third kappa shape index (κ3) is 3.26. The zero-order chi connectivity index (χ0) is 12.3. The van der Waals surface area contributed by atoms with Crippen LogP contribution in [0.25, 0.3) is 0 Å². The van der Waals surface area contributed by atoms with Crippen LogP contribution in [0.2, 0.25) is 0 Å². The third-order valence-electron chi connectivity index (χ3n) is 2.71. The summed E-state index contributed by atoms with van der Waals surface area (Å²) in [5, 5.41) is 0. The van der Waals surface area contributed by atoms with E-state index in [2.05, 4.69) is 0 Å². The summed E-state index contributed by atoms with van der Waals surface area (Å²) < 4.78 is 25.7. The van der Waals surface area contributed by atoms with Gasteiger partial charge in [0, 0.05) is 30.2 Å². The van der Waals surface area contributed by atoms with Crippen molar-refractivity contribution in [1.82, 2.24) is 4.90 Å². The van der Waals surface area contributed by atoms with Crippen molar-refractivity contribution in [2.24, 2.45) is 0 Å². The van der Waals surface area contributed by atoms with Crippen molar-refractivity contribution < 1.29 is 13.6 Å². The van der Waals surface area contributed by atoms with Crippen LogP contribution in [0.15, 0.2) is 18.2 Å². The second-order valence-corrected chi connectivity index (χ2v) is 5.17. The second-order valence-electron chi connectivity index (χ2n) is 3.94. The molecule has 1 saturated heterocycles. The summed E-state index contributed by atoms with van der Waals surface area (Å²) in [6.07, 6.45) is 0. The molecule has 17 heavy (non-hydrogen) atoms. The van der Waals surface area contributed by atoms with E-state index in [0.717, 1.165) is 36.7 Å². The van der Waals surface area contributed by atoms with Gasteiger partial charge in [-0.1, -0.05) is 0 Å². The van der Waals surface area contributed by atoms with Crippen LogP contribution in [0.1, 0.15) is 10.4 Å². The number of nitrogens with zero attached hydrogens (tertiary/aromatic N) is 1. The summed E-state index contributed by atoms with van der Waals surface area (Å²) >= 11 is 1.86. The van der Waals surface area contributed by atoms with Crippen LogP contribution in [0.3, 0.4) is 0 Å². The first-order chi connectivity index (χ1) is 8.16. The van der Waals surface area contributed by atoms with E-state index >= 15 is 0 Å². The Labute approximate surface area is 103 Å². The Balaban J connectivity index is 2.01. The number of Topliss-reactive ketones (excluding diaryl/α,β-unsaturated/α-hetero) is 1. The molecule has 2 nitrogen and oxygen atoms in total. The number of rotatable bonds is 3. The molecule has 0 bridgehead atoms. The van der Waals surface area contributed by atoms with Crippen molar-refractivity contribution in [1.29, 1.82) is 0 Å². The van der Waals surface area contributed by atoms with Gasteiger partial charge in [0.1, 0.15) is 0 Å². The van der Waals surface area contributed by atoms with E-state index < -0.39 is 11.6 Å². The molecule has 0 N–H and O–H groups in total. The molecule has 92 valence electrons. The zero-order valence-electron chi connectivity index (χ0n) is 9.29. The van der Waals surface area contributed by atoms with Gasteiger partial charge in [-0.05, 0) is 18.2 Å². The average molecular weight is 257 g/mol. The fourth-order valence-corrected chi connectivity index (χ4v) is 2.70. The quantitative estimate of drug-likeness (QED) is 0.774. The number of hydrogen-bond donors (Lipinski definition) is 0. The molecule has 0 aliphatic carbocycles. The second kappa shape index (κ2) is 5.60. The molecule has 0 aromatic heterocycles. The fourth-order valence-electron chi connectivity index (χ4n) is 1.72. The summed E-state index contributed by atoms with van der Waals surface area (Å²) in [5.41, 5.74) is 0.238.